The summed E-state index contributed by atoms with van der Waals surface area (Å²) in [6, 6.07) is 1.09. The number of carbonyl (C=O) groups is 1. The highest BCUT2D eigenvalue weighted by Crippen LogP contribution is 2.27. The predicted molar refractivity (Wildman–Crippen MR) is 106 cm³/mol. The van der Waals surface area contributed by atoms with E-state index in [9.17, 15) is 4.79 Å². The Morgan fingerprint density at radius 2 is 1.89 bits per heavy atom. The van der Waals surface area contributed by atoms with Gasteiger partial charge in [-0.1, -0.05) is 0 Å². The number of aryl methyl sites for hydroxylation is 1. The molecule has 2 heterocycles. The van der Waals surface area contributed by atoms with Crippen molar-refractivity contribution >= 4 is 11.7 Å². The summed E-state index contributed by atoms with van der Waals surface area (Å²) in [6.07, 6.45) is 6.08. The maximum absolute atomic E-state index is 12.0. The van der Waals surface area contributed by atoms with Crippen LogP contribution in [0.3, 0.4) is 0 Å². The van der Waals surface area contributed by atoms with Crippen LogP contribution in [0.15, 0.2) is 0 Å². The fourth-order valence-corrected chi connectivity index (χ4v) is 4.29. The van der Waals surface area contributed by atoms with Gasteiger partial charge in [-0.15, -0.1) is 0 Å². The number of carbonyl (C=O) groups excluding carboxylic acids is 1. The van der Waals surface area contributed by atoms with Gasteiger partial charge in [0.05, 0.1) is 0 Å². The fourth-order valence-electron chi connectivity index (χ4n) is 4.29. The molecule has 7 nitrogen and oxygen atoms in total. The van der Waals surface area contributed by atoms with Crippen LogP contribution >= 0.6 is 0 Å². The SMILES string of the molecule is CNC(=O)c1nc(C)c(C)c(N2CC[C@@H](NC3CCC(COC)CC3)C2)n1. The van der Waals surface area contributed by atoms with Gasteiger partial charge >= 0.3 is 0 Å². The number of methoxy groups -OCH3 is 1. The van der Waals surface area contributed by atoms with Gasteiger partial charge in [0.2, 0.25) is 5.82 Å². The number of amides is 1. The smallest absolute Gasteiger partial charge is 0.288 e. The topological polar surface area (TPSA) is 79.4 Å². The van der Waals surface area contributed by atoms with Crippen LogP contribution in [-0.4, -0.2) is 61.8 Å². The summed E-state index contributed by atoms with van der Waals surface area (Å²) in [7, 11) is 3.40. The average Bonchev–Trinajstić information content (AvgIpc) is 3.13. The third kappa shape index (κ3) is 4.76. The highest BCUT2D eigenvalue weighted by atomic mass is 16.5. The Morgan fingerprint density at radius 3 is 2.56 bits per heavy atom. The molecule has 0 spiro atoms. The molecule has 2 N–H and O–H groups in total. The summed E-state index contributed by atoms with van der Waals surface area (Å²) >= 11 is 0. The molecule has 1 aromatic rings. The molecule has 1 aliphatic heterocycles. The van der Waals surface area contributed by atoms with Gasteiger partial charge in [0.25, 0.3) is 5.91 Å². The Morgan fingerprint density at radius 1 is 1.15 bits per heavy atom. The molecule has 150 valence electrons. The molecule has 2 fully saturated rings. The molecule has 1 amide bonds. The maximum atomic E-state index is 12.0. The third-order valence-electron chi connectivity index (χ3n) is 6.00. The Bertz CT molecular complexity index is 658. The van der Waals surface area contributed by atoms with Crippen LogP contribution in [0.4, 0.5) is 5.82 Å². The summed E-state index contributed by atoms with van der Waals surface area (Å²) in [5.74, 6) is 1.64. The van der Waals surface area contributed by atoms with E-state index in [1.807, 2.05) is 13.8 Å². The lowest BCUT2D eigenvalue weighted by Gasteiger charge is -2.31. The van der Waals surface area contributed by atoms with E-state index in [4.69, 9.17) is 4.74 Å². The maximum Gasteiger partial charge on any atom is 0.288 e. The molecule has 0 unspecified atom stereocenters. The van der Waals surface area contributed by atoms with Crippen molar-refractivity contribution in [2.24, 2.45) is 5.92 Å². The second-order valence-electron chi connectivity index (χ2n) is 7.93. The molecule has 27 heavy (non-hydrogen) atoms. The van der Waals surface area contributed by atoms with E-state index in [0.717, 1.165) is 49.1 Å². The Kier molecular flexibility index (Phi) is 6.65. The largest absolute Gasteiger partial charge is 0.384 e. The van der Waals surface area contributed by atoms with Crippen LogP contribution in [0.5, 0.6) is 0 Å². The molecule has 1 atom stereocenters. The van der Waals surface area contributed by atoms with Gasteiger partial charge in [-0.25, -0.2) is 9.97 Å². The monoisotopic (exact) mass is 375 g/mol. The first-order chi connectivity index (χ1) is 13.0. The predicted octanol–water partition coefficient (Wildman–Crippen LogP) is 1.83. The minimum atomic E-state index is -0.235. The zero-order chi connectivity index (χ0) is 19.4. The van der Waals surface area contributed by atoms with Crippen molar-refractivity contribution in [3.8, 4) is 0 Å². The van der Waals surface area contributed by atoms with Gasteiger partial charge in [-0.3, -0.25) is 4.79 Å². The van der Waals surface area contributed by atoms with Crippen molar-refractivity contribution < 1.29 is 9.53 Å². The highest BCUT2D eigenvalue weighted by molar-refractivity contribution is 5.90. The molecule has 2 aliphatic rings. The normalized spacial score (nSPS) is 25.6. The zero-order valence-electron chi connectivity index (χ0n) is 17.0. The van der Waals surface area contributed by atoms with Crippen LogP contribution in [0, 0.1) is 19.8 Å². The molecule has 0 radical (unpaired) electrons. The van der Waals surface area contributed by atoms with Gasteiger partial charge < -0.3 is 20.3 Å². The molecule has 1 aromatic heterocycles. The Hall–Kier alpha value is -1.73. The molecule has 7 heteroatoms. The first kappa shape index (κ1) is 20.0. The summed E-state index contributed by atoms with van der Waals surface area (Å²) in [4.78, 5) is 23.2. The van der Waals surface area contributed by atoms with Crippen LogP contribution in [0.2, 0.25) is 0 Å². The second kappa shape index (κ2) is 8.97. The van der Waals surface area contributed by atoms with Gasteiger partial charge in [0, 0.05) is 57.2 Å². The van der Waals surface area contributed by atoms with Crippen LogP contribution in [0.25, 0.3) is 0 Å². The lowest BCUT2D eigenvalue weighted by molar-refractivity contribution is 0.0952. The van der Waals surface area contributed by atoms with Crippen molar-refractivity contribution in [3.63, 3.8) is 0 Å². The van der Waals surface area contributed by atoms with Crippen LogP contribution in [0.1, 0.15) is 54.0 Å². The fraction of sp³-hybridized carbons (Fsp3) is 0.750. The number of rotatable bonds is 6. The number of hydrogen-bond acceptors (Lipinski definition) is 6. The molecular formula is C20H33N5O2. The summed E-state index contributed by atoms with van der Waals surface area (Å²) in [5.41, 5.74) is 1.93. The number of anilines is 1. The second-order valence-corrected chi connectivity index (χ2v) is 7.93. The van der Waals surface area contributed by atoms with Gasteiger partial charge in [0.1, 0.15) is 5.82 Å². The Labute approximate surface area is 162 Å². The molecule has 0 bridgehead atoms. The minimum absolute atomic E-state index is 0.235. The molecule has 1 aliphatic carbocycles. The van der Waals surface area contributed by atoms with Crippen molar-refractivity contribution in [1.29, 1.82) is 0 Å². The zero-order valence-corrected chi connectivity index (χ0v) is 17.0. The molecule has 1 saturated heterocycles. The number of hydrogen-bond donors (Lipinski definition) is 2. The highest BCUT2D eigenvalue weighted by Gasteiger charge is 2.29. The van der Waals surface area contributed by atoms with Crippen LogP contribution < -0.4 is 15.5 Å². The molecular weight excluding hydrogens is 342 g/mol. The van der Waals surface area contributed by atoms with E-state index in [1.54, 1.807) is 14.2 Å². The lowest BCUT2D eigenvalue weighted by Crippen LogP contribution is -2.42. The summed E-state index contributed by atoms with van der Waals surface area (Å²) in [6.45, 7) is 6.76. The van der Waals surface area contributed by atoms with Crippen LogP contribution in [-0.2, 0) is 4.74 Å². The lowest BCUT2D eigenvalue weighted by atomic mass is 9.86. The van der Waals surface area contributed by atoms with E-state index < -0.39 is 0 Å². The van der Waals surface area contributed by atoms with E-state index in [2.05, 4.69) is 25.5 Å². The van der Waals surface area contributed by atoms with E-state index in [1.165, 1.54) is 25.7 Å². The van der Waals surface area contributed by atoms with Gasteiger partial charge in [0.15, 0.2) is 0 Å². The first-order valence-corrected chi connectivity index (χ1v) is 10.1. The number of nitrogens with zero attached hydrogens (tertiary/aromatic N) is 3. The summed E-state index contributed by atoms with van der Waals surface area (Å²) in [5, 5.41) is 6.48. The van der Waals surface area contributed by atoms with E-state index in [-0.39, 0.29) is 11.7 Å². The van der Waals surface area contributed by atoms with E-state index >= 15 is 0 Å². The number of nitrogens with one attached hydrogen (secondary N) is 2. The molecule has 3 rings (SSSR count). The number of ether oxygens (including phenoxy) is 1. The van der Waals surface area contributed by atoms with Gasteiger partial charge in [-0.05, 0) is 51.9 Å². The minimum Gasteiger partial charge on any atom is -0.384 e. The van der Waals surface area contributed by atoms with Crippen molar-refractivity contribution in [2.45, 2.75) is 58.0 Å². The average molecular weight is 376 g/mol. The van der Waals surface area contributed by atoms with E-state index in [0.29, 0.717) is 12.1 Å². The standard InChI is InChI=1S/C20H33N5O2/c1-13-14(2)22-18(20(26)21-3)24-19(13)25-10-9-17(11-25)23-16-7-5-15(6-8-16)12-27-4/h15-17,23H,5-12H2,1-4H3,(H,21,26)/t15?,16?,17-/m1/s1. The van der Waals surface area contributed by atoms with Crippen molar-refractivity contribution in [2.75, 3.05) is 38.8 Å². The molecule has 1 saturated carbocycles. The Balaban J connectivity index is 1.60. The van der Waals surface area contributed by atoms with Gasteiger partial charge in [-0.2, -0.15) is 0 Å². The third-order valence-corrected chi connectivity index (χ3v) is 6.00. The summed E-state index contributed by atoms with van der Waals surface area (Å²) < 4.78 is 5.30. The number of aromatic nitrogens is 2. The molecule has 0 aromatic carbocycles. The van der Waals surface area contributed by atoms with Crippen molar-refractivity contribution in [3.05, 3.63) is 17.1 Å². The first-order valence-electron chi connectivity index (χ1n) is 10.1. The van der Waals surface area contributed by atoms with Crippen molar-refractivity contribution in [1.82, 2.24) is 20.6 Å². The quantitative estimate of drug-likeness (QED) is 0.790.